The van der Waals surface area contributed by atoms with Crippen LogP contribution in [0.15, 0.2) is 11.1 Å². The summed E-state index contributed by atoms with van der Waals surface area (Å²) >= 11 is 1.23. The van der Waals surface area contributed by atoms with Crippen LogP contribution in [0.4, 0.5) is 0 Å². The minimum absolute atomic E-state index is 0.0610. The van der Waals surface area contributed by atoms with Crippen LogP contribution < -0.4 is 5.32 Å². The topological polar surface area (TPSA) is 75.7 Å². The van der Waals surface area contributed by atoms with Crippen molar-refractivity contribution in [1.82, 2.24) is 10.2 Å². The van der Waals surface area contributed by atoms with Gasteiger partial charge in [-0.15, -0.1) is 0 Å². The normalized spacial score (nSPS) is 18.6. The maximum Gasteiger partial charge on any atom is 0.333 e. The maximum absolute atomic E-state index is 11.8. The molecule has 1 aliphatic heterocycles. The van der Waals surface area contributed by atoms with E-state index in [0.717, 1.165) is 6.42 Å². The quantitative estimate of drug-likeness (QED) is 0.588. The van der Waals surface area contributed by atoms with Gasteiger partial charge in [0.25, 0.3) is 0 Å². The summed E-state index contributed by atoms with van der Waals surface area (Å²) in [7, 11) is 1.26. The zero-order chi connectivity index (χ0) is 14.4. The molecule has 1 aliphatic rings. The molecule has 1 rings (SSSR count). The van der Waals surface area contributed by atoms with Crippen molar-refractivity contribution in [2.75, 3.05) is 19.4 Å². The van der Waals surface area contributed by atoms with Gasteiger partial charge in [-0.05, 0) is 13.3 Å². The van der Waals surface area contributed by atoms with E-state index in [0.29, 0.717) is 5.03 Å². The number of esters is 1. The minimum atomic E-state index is -0.537. The molecule has 1 atom stereocenters. The van der Waals surface area contributed by atoms with E-state index in [9.17, 15) is 14.4 Å². The molecule has 1 saturated heterocycles. The average molecular weight is 286 g/mol. The van der Waals surface area contributed by atoms with Gasteiger partial charge in [-0.2, -0.15) is 0 Å². The number of nitrogens with one attached hydrogen (secondary N) is 1. The molecule has 106 valence electrons. The second kappa shape index (κ2) is 7.18. The smallest absolute Gasteiger partial charge is 0.333 e. The zero-order valence-corrected chi connectivity index (χ0v) is 12.1. The van der Waals surface area contributed by atoms with Crippen LogP contribution in [0.25, 0.3) is 0 Å². The highest BCUT2D eigenvalue weighted by molar-refractivity contribution is 8.04. The monoisotopic (exact) mass is 286 g/mol. The van der Waals surface area contributed by atoms with Gasteiger partial charge in [0.05, 0.1) is 24.0 Å². The van der Waals surface area contributed by atoms with Gasteiger partial charge in [-0.1, -0.05) is 18.7 Å². The Morgan fingerprint density at radius 1 is 1.58 bits per heavy atom. The molecule has 7 heteroatoms. The number of rotatable bonds is 5. The lowest BCUT2D eigenvalue weighted by atomic mass is 10.2. The van der Waals surface area contributed by atoms with Crippen molar-refractivity contribution in [3.05, 3.63) is 11.1 Å². The molecule has 0 aromatic rings. The number of nitrogens with zero attached hydrogens (tertiary/aromatic N) is 1. The van der Waals surface area contributed by atoms with E-state index >= 15 is 0 Å². The average Bonchev–Trinajstić information content (AvgIpc) is 2.71. The molecular weight excluding hydrogens is 268 g/mol. The summed E-state index contributed by atoms with van der Waals surface area (Å²) in [4.78, 5) is 35.9. The van der Waals surface area contributed by atoms with Gasteiger partial charge in [0.1, 0.15) is 6.54 Å². The Morgan fingerprint density at radius 2 is 2.26 bits per heavy atom. The van der Waals surface area contributed by atoms with Gasteiger partial charge in [-0.3, -0.25) is 14.5 Å². The van der Waals surface area contributed by atoms with E-state index in [1.54, 1.807) is 0 Å². The number of carbonyl (C=O) groups excluding carboxylic acids is 3. The first-order valence-electron chi connectivity index (χ1n) is 6.00. The van der Waals surface area contributed by atoms with Gasteiger partial charge in [-0.25, -0.2) is 4.79 Å². The third-order valence-electron chi connectivity index (χ3n) is 2.67. The molecule has 0 aliphatic carbocycles. The first-order chi connectivity index (χ1) is 8.97. The van der Waals surface area contributed by atoms with Crippen molar-refractivity contribution in [1.29, 1.82) is 0 Å². The fourth-order valence-corrected chi connectivity index (χ4v) is 2.35. The molecule has 1 N–H and O–H groups in total. The van der Waals surface area contributed by atoms with Crippen molar-refractivity contribution >= 4 is 29.5 Å². The molecule has 0 saturated carbocycles. The Labute approximate surface area is 116 Å². The summed E-state index contributed by atoms with van der Waals surface area (Å²) in [6.45, 7) is 3.78. The zero-order valence-electron chi connectivity index (χ0n) is 11.3. The number of methoxy groups -OCH3 is 1. The highest BCUT2D eigenvalue weighted by Gasteiger charge is 2.29. The second-order valence-corrected chi connectivity index (χ2v) is 5.15. The van der Waals surface area contributed by atoms with Crippen molar-refractivity contribution in [2.45, 2.75) is 26.3 Å². The Hall–Kier alpha value is -1.50. The fraction of sp³-hybridized carbons (Fsp3) is 0.583. The number of ether oxygens (including phenoxy) is 1. The van der Waals surface area contributed by atoms with Crippen LogP contribution in [0.5, 0.6) is 0 Å². The Bertz CT molecular complexity index is 409. The highest BCUT2D eigenvalue weighted by Crippen LogP contribution is 2.28. The molecule has 0 aromatic carbocycles. The summed E-state index contributed by atoms with van der Waals surface area (Å²) < 4.78 is 4.52. The van der Waals surface area contributed by atoms with Gasteiger partial charge < -0.3 is 10.1 Å². The van der Waals surface area contributed by atoms with Crippen LogP contribution in [0, 0.1) is 0 Å². The van der Waals surface area contributed by atoms with Crippen LogP contribution in [0.1, 0.15) is 20.3 Å². The maximum atomic E-state index is 11.8. The number of hydrogen-bond donors (Lipinski definition) is 1. The lowest BCUT2D eigenvalue weighted by Crippen LogP contribution is -2.41. The van der Waals surface area contributed by atoms with Crippen molar-refractivity contribution in [3.8, 4) is 0 Å². The number of amides is 2. The molecule has 0 unspecified atom stereocenters. The van der Waals surface area contributed by atoms with Crippen LogP contribution >= 0.6 is 11.8 Å². The van der Waals surface area contributed by atoms with Gasteiger partial charge in [0.2, 0.25) is 11.8 Å². The Morgan fingerprint density at radius 3 is 2.84 bits per heavy atom. The highest BCUT2D eigenvalue weighted by atomic mass is 32.2. The number of carbonyl (C=O) groups is 3. The predicted octanol–water partition coefficient (Wildman–Crippen LogP) is 0.491. The predicted molar refractivity (Wildman–Crippen MR) is 72.2 cm³/mol. The molecule has 0 spiro atoms. The van der Waals surface area contributed by atoms with Gasteiger partial charge in [0, 0.05) is 6.04 Å². The van der Waals surface area contributed by atoms with E-state index in [2.05, 4.69) is 10.1 Å². The van der Waals surface area contributed by atoms with Crippen LogP contribution in [0.2, 0.25) is 0 Å². The van der Waals surface area contributed by atoms with E-state index in [1.165, 1.54) is 29.8 Å². The van der Waals surface area contributed by atoms with Crippen molar-refractivity contribution in [2.24, 2.45) is 0 Å². The van der Waals surface area contributed by atoms with Crippen molar-refractivity contribution in [3.63, 3.8) is 0 Å². The van der Waals surface area contributed by atoms with Crippen molar-refractivity contribution < 1.29 is 19.1 Å². The summed E-state index contributed by atoms with van der Waals surface area (Å²) in [5, 5.41) is 3.23. The van der Waals surface area contributed by atoms with Crippen LogP contribution in [0.3, 0.4) is 0 Å². The molecule has 6 nitrogen and oxygen atoms in total. The third-order valence-corrected chi connectivity index (χ3v) is 3.70. The standard InChI is InChI=1S/C12H18N2O4S/c1-4-8(2)13-9(15)6-14-10(16)7-19-11(14)5-12(17)18-3/h5,8H,4,6-7H2,1-3H3,(H,13,15)/b11-5+/t8-/m0/s1. The first kappa shape index (κ1) is 15.6. The Balaban J connectivity index is 2.68. The first-order valence-corrected chi connectivity index (χ1v) is 6.98. The fourth-order valence-electron chi connectivity index (χ4n) is 1.43. The van der Waals surface area contributed by atoms with E-state index in [1.807, 2.05) is 13.8 Å². The molecule has 0 aromatic heterocycles. The van der Waals surface area contributed by atoms with E-state index in [-0.39, 0.29) is 30.2 Å². The number of thioether (sulfide) groups is 1. The summed E-state index contributed by atoms with van der Waals surface area (Å²) in [5.74, 6) is -0.718. The summed E-state index contributed by atoms with van der Waals surface area (Å²) in [5.41, 5.74) is 0. The second-order valence-electron chi connectivity index (χ2n) is 4.15. The molecule has 1 fully saturated rings. The number of hydrogen-bond acceptors (Lipinski definition) is 5. The van der Waals surface area contributed by atoms with E-state index in [4.69, 9.17) is 0 Å². The van der Waals surface area contributed by atoms with Crippen LogP contribution in [-0.2, 0) is 19.1 Å². The molecular formula is C12H18N2O4S. The van der Waals surface area contributed by atoms with Gasteiger partial charge in [0.15, 0.2) is 0 Å². The third kappa shape index (κ3) is 4.59. The largest absolute Gasteiger partial charge is 0.466 e. The van der Waals surface area contributed by atoms with Crippen LogP contribution in [-0.4, -0.2) is 48.1 Å². The summed E-state index contributed by atoms with van der Waals surface area (Å²) in [6.07, 6.45) is 2.05. The minimum Gasteiger partial charge on any atom is -0.466 e. The lowest BCUT2D eigenvalue weighted by Gasteiger charge is -2.18. The molecule has 2 amide bonds. The SMILES string of the molecule is CC[C@H](C)NC(=O)CN1C(=O)CS/C1=C/C(=O)OC. The Kier molecular flexibility index (Phi) is 5.88. The summed E-state index contributed by atoms with van der Waals surface area (Å²) in [6, 6.07) is 0.0610. The molecule has 0 bridgehead atoms. The van der Waals surface area contributed by atoms with Gasteiger partial charge >= 0.3 is 5.97 Å². The molecule has 1 heterocycles. The molecule has 0 radical (unpaired) electrons. The molecule has 19 heavy (non-hydrogen) atoms. The lowest BCUT2D eigenvalue weighted by molar-refractivity contribution is -0.135. The van der Waals surface area contributed by atoms with E-state index < -0.39 is 5.97 Å².